The fourth-order valence-electron chi connectivity index (χ4n) is 4.17. The molecule has 1 aliphatic heterocycles. The van der Waals surface area contributed by atoms with Gasteiger partial charge in [0.1, 0.15) is 6.61 Å². The van der Waals surface area contributed by atoms with Crippen LogP contribution in [-0.2, 0) is 17.9 Å². The number of thioether (sulfide) groups is 1. The van der Waals surface area contributed by atoms with E-state index in [0.29, 0.717) is 33.1 Å². The van der Waals surface area contributed by atoms with Crippen molar-refractivity contribution in [3.05, 3.63) is 108 Å². The number of nitrogens with zero attached hydrogens (tertiary/aromatic N) is 1. The van der Waals surface area contributed by atoms with Crippen LogP contribution in [0.25, 0.3) is 16.8 Å². The standard InChI is InChI=1S/C30H22Cl2INO4S/c1-2-37-26-13-19(12-25(33)28(26)38-17-22-9-10-23(31)15-24(22)32)14-27-29(35)34(30(36)39-27)16-18-7-8-20-5-3-4-6-21(20)11-18/h3-15H,2,16-17H2,1H3/b27-14-. The number of hydrogen-bond acceptors (Lipinski definition) is 5. The molecule has 39 heavy (non-hydrogen) atoms. The number of ether oxygens (including phenoxy) is 2. The molecule has 4 aromatic carbocycles. The van der Waals surface area contributed by atoms with Crippen molar-refractivity contribution in [1.29, 1.82) is 0 Å². The molecule has 0 radical (unpaired) electrons. The second kappa shape index (κ2) is 12.2. The van der Waals surface area contributed by atoms with Gasteiger partial charge >= 0.3 is 0 Å². The maximum atomic E-state index is 13.2. The van der Waals surface area contributed by atoms with Gasteiger partial charge in [0, 0.05) is 15.6 Å². The molecule has 2 amide bonds. The second-order valence-corrected chi connectivity index (χ2v) is 11.7. The molecule has 5 rings (SSSR count). The normalized spacial score (nSPS) is 14.5. The lowest BCUT2D eigenvalue weighted by Gasteiger charge is -2.15. The quantitative estimate of drug-likeness (QED) is 0.137. The van der Waals surface area contributed by atoms with Gasteiger partial charge in [-0.2, -0.15) is 0 Å². The summed E-state index contributed by atoms with van der Waals surface area (Å²) >= 11 is 15.4. The molecule has 0 saturated carbocycles. The van der Waals surface area contributed by atoms with Crippen LogP contribution in [-0.4, -0.2) is 22.7 Å². The molecule has 0 N–H and O–H groups in total. The van der Waals surface area contributed by atoms with E-state index in [9.17, 15) is 9.59 Å². The van der Waals surface area contributed by atoms with Crippen LogP contribution in [0.15, 0.2) is 77.7 Å². The molecule has 0 bridgehead atoms. The van der Waals surface area contributed by atoms with Crippen molar-refractivity contribution >= 4 is 85.5 Å². The summed E-state index contributed by atoms with van der Waals surface area (Å²) < 4.78 is 12.7. The first kappa shape index (κ1) is 27.8. The molecule has 4 aromatic rings. The van der Waals surface area contributed by atoms with Gasteiger partial charge in [-0.3, -0.25) is 14.5 Å². The lowest BCUT2D eigenvalue weighted by atomic mass is 10.1. The van der Waals surface area contributed by atoms with E-state index in [2.05, 4.69) is 22.6 Å². The summed E-state index contributed by atoms with van der Waals surface area (Å²) in [6.45, 7) is 2.77. The summed E-state index contributed by atoms with van der Waals surface area (Å²) in [7, 11) is 0. The lowest BCUT2D eigenvalue weighted by molar-refractivity contribution is -0.123. The summed E-state index contributed by atoms with van der Waals surface area (Å²) in [5.41, 5.74) is 2.42. The molecule has 5 nitrogen and oxygen atoms in total. The molecule has 0 aliphatic carbocycles. The molecular formula is C30H22Cl2INO4S. The van der Waals surface area contributed by atoms with Crippen LogP contribution in [0.2, 0.25) is 10.0 Å². The maximum Gasteiger partial charge on any atom is 0.293 e. The third kappa shape index (κ3) is 6.38. The van der Waals surface area contributed by atoms with Crippen molar-refractivity contribution in [2.24, 2.45) is 0 Å². The minimum atomic E-state index is -0.316. The Balaban J connectivity index is 1.36. The Morgan fingerprint density at radius 3 is 2.51 bits per heavy atom. The van der Waals surface area contributed by atoms with Gasteiger partial charge in [-0.05, 0) is 99.6 Å². The molecule has 0 atom stereocenters. The minimum absolute atomic E-state index is 0.217. The van der Waals surface area contributed by atoms with E-state index in [1.165, 1.54) is 4.90 Å². The van der Waals surface area contributed by atoms with Gasteiger partial charge in [0.15, 0.2) is 11.5 Å². The van der Waals surface area contributed by atoms with Crippen LogP contribution in [0, 0.1) is 3.57 Å². The first-order chi connectivity index (χ1) is 18.8. The van der Waals surface area contributed by atoms with Crippen LogP contribution in [0.3, 0.4) is 0 Å². The zero-order chi connectivity index (χ0) is 27.5. The van der Waals surface area contributed by atoms with Crippen LogP contribution >= 0.6 is 57.6 Å². The Hall–Kier alpha value is -2.72. The third-order valence-corrected chi connectivity index (χ3v) is 8.34. The highest BCUT2D eigenvalue weighted by atomic mass is 127. The van der Waals surface area contributed by atoms with Crippen molar-refractivity contribution in [2.45, 2.75) is 20.1 Å². The molecular weight excluding hydrogens is 668 g/mol. The van der Waals surface area contributed by atoms with E-state index in [1.807, 2.05) is 67.6 Å². The smallest absolute Gasteiger partial charge is 0.293 e. The van der Waals surface area contributed by atoms with Crippen molar-refractivity contribution in [2.75, 3.05) is 6.61 Å². The zero-order valence-electron chi connectivity index (χ0n) is 20.7. The second-order valence-electron chi connectivity index (χ2n) is 8.74. The van der Waals surface area contributed by atoms with E-state index in [4.69, 9.17) is 32.7 Å². The molecule has 198 valence electrons. The Morgan fingerprint density at radius 1 is 0.949 bits per heavy atom. The number of fused-ring (bicyclic) bond motifs is 1. The van der Waals surface area contributed by atoms with E-state index < -0.39 is 0 Å². The summed E-state index contributed by atoms with van der Waals surface area (Å²) in [6.07, 6.45) is 1.72. The van der Waals surface area contributed by atoms with E-state index in [-0.39, 0.29) is 24.3 Å². The van der Waals surface area contributed by atoms with Gasteiger partial charge in [0.05, 0.1) is 21.6 Å². The van der Waals surface area contributed by atoms with E-state index in [0.717, 1.165) is 42.8 Å². The maximum absolute atomic E-state index is 13.2. The van der Waals surface area contributed by atoms with Gasteiger partial charge < -0.3 is 9.47 Å². The number of benzene rings is 4. The molecule has 0 aromatic heterocycles. The molecule has 0 spiro atoms. The predicted molar refractivity (Wildman–Crippen MR) is 167 cm³/mol. The minimum Gasteiger partial charge on any atom is -0.490 e. The third-order valence-electron chi connectivity index (χ3n) is 6.04. The first-order valence-corrected chi connectivity index (χ1v) is 14.7. The molecule has 1 aliphatic rings. The lowest BCUT2D eigenvalue weighted by Crippen LogP contribution is -2.27. The Morgan fingerprint density at radius 2 is 1.74 bits per heavy atom. The average Bonchev–Trinajstić information content (AvgIpc) is 3.16. The van der Waals surface area contributed by atoms with Crippen LogP contribution in [0.1, 0.15) is 23.6 Å². The van der Waals surface area contributed by atoms with Gasteiger partial charge in [-0.25, -0.2) is 0 Å². The first-order valence-electron chi connectivity index (χ1n) is 12.1. The topological polar surface area (TPSA) is 55.8 Å². The Kier molecular flexibility index (Phi) is 8.71. The van der Waals surface area contributed by atoms with Crippen molar-refractivity contribution in [1.82, 2.24) is 4.90 Å². The van der Waals surface area contributed by atoms with Gasteiger partial charge in [-0.1, -0.05) is 65.7 Å². The summed E-state index contributed by atoms with van der Waals surface area (Å²) in [4.78, 5) is 27.6. The monoisotopic (exact) mass is 689 g/mol. The number of halogens is 3. The number of carbonyl (C=O) groups excluding carboxylic acids is 2. The predicted octanol–water partition coefficient (Wildman–Crippen LogP) is 8.97. The molecule has 0 unspecified atom stereocenters. The van der Waals surface area contributed by atoms with Gasteiger partial charge in [0.2, 0.25) is 0 Å². The van der Waals surface area contributed by atoms with Crippen LogP contribution < -0.4 is 9.47 Å². The Labute approximate surface area is 254 Å². The summed E-state index contributed by atoms with van der Waals surface area (Å²) in [6, 6.07) is 22.9. The SMILES string of the molecule is CCOc1cc(/C=C2\SC(=O)N(Cc3ccc4ccccc4c3)C2=O)cc(I)c1OCc1ccc(Cl)cc1Cl. The molecule has 1 saturated heterocycles. The number of carbonyl (C=O) groups is 2. The average molecular weight is 690 g/mol. The highest BCUT2D eigenvalue weighted by Crippen LogP contribution is 2.38. The van der Waals surface area contributed by atoms with Crippen molar-refractivity contribution in [3.8, 4) is 11.5 Å². The van der Waals surface area contributed by atoms with Crippen LogP contribution in [0.5, 0.6) is 11.5 Å². The Bertz CT molecular complexity index is 1620. The number of hydrogen-bond donors (Lipinski definition) is 0. The fourth-order valence-corrected chi connectivity index (χ4v) is 6.25. The highest BCUT2D eigenvalue weighted by Gasteiger charge is 2.35. The molecule has 1 fully saturated rings. The molecule has 1 heterocycles. The van der Waals surface area contributed by atoms with E-state index >= 15 is 0 Å². The van der Waals surface area contributed by atoms with Crippen LogP contribution in [0.4, 0.5) is 4.79 Å². The van der Waals surface area contributed by atoms with Crippen molar-refractivity contribution < 1.29 is 19.1 Å². The molecule has 9 heteroatoms. The number of imide groups is 1. The summed E-state index contributed by atoms with van der Waals surface area (Å²) in [5, 5.41) is 2.96. The zero-order valence-corrected chi connectivity index (χ0v) is 25.2. The van der Waals surface area contributed by atoms with Gasteiger partial charge in [0.25, 0.3) is 11.1 Å². The summed E-state index contributed by atoms with van der Waals surface area (Å²) in [5.74, 6) is 0.796. The van der Waals surface area contributed by atoms with Crippen molar-refractivity contribution in [3.63, 3.8) is 0 Å². The highest BCUT2D eigenvalue weighted by molar-refractivity contribution is 14.1. The fraction of sp³-hybridized carbons (Fsp3) is 0.133. The van der Waals surface area contributed by atoms with E-state index in [1.54, 1.807) is 18.2 Å². The number of rotatable bonds is 8. The largest absolute Gasteiger partial charge is 0.490 e. The van der Waals surface area contributed by atoms with Gasteiger partial charge in [-0.15, -0.1) is 0 Å². The number of amides is 2.